The zero-order valence-corrected chi connectivity index (χ0v) is 13.2. The second kappa shape index (κ2) is 7.10. The Hall–Kier alpha value is -2.05. The summed E-state index contributed by atoms with van der Waals surface area (Å²) in [4.78, 5) is 23.4. The van der Waals surface area contributed by atoms with Gasteiger partial charge in [0.25, 0.3) is 0 Å². The van der Waals surface area contributed by atoms with E-state index in [1.54, 1.807) is 40.7 Å². The van der Waals surface area contributed by atoms with Crippen molar-refractivity contribution in [1.29, 1.82) is 0 Å². The highest BCUT2D eigenvalue weighted by Gasteiger charge is 2.19. The highest BCUT2D eigenvalue weighted by molar-refractivity contribution is 5.87. The van der Waals surface area contributed by atoms with Crippen LogP contribution in [0.25, 0.3) is 0 Å². The van der Waals surface area contributed by atoms with E-state index in [1.807, 2.05) is 0 Å². The van der Waals surface area contributed by atoms with Gasteiger partial charge in [-0.25, -0.2) is 9.59 Å². The third-order valence-corrected chi connectivity index (χ3v) is 2.41. The smallest absolute Gasteiger partial charge is 0.407 e. The lowest BCUT2D eigenvalue weighted by molar-refractivity contribution is 0.0501. The Bertz CT molecular complexity index is 491. The summed E-state index contributed by atoms with van der Waals surface area (Å²) in [6, 6.07) is 1.34. The minimum Gasteiger partial charge on any atom is -0.461 e. The maximum atomic E-state index is 11.7. The van der Waals surface area contributed by atoms with Gasteiger partial charge in [0.05, 0.1) is 13.2 Å². The van der Waals surface area contributed by atoms with Crippen molar-refractivity contribution in [3.63, 3.8) is 0 Å². The van der Waals surface area contributed by atoms with Gasteiger partial charge >= 0.3 is 12.1 Å². The molecule has 0 saturated carbocycles. The largest absolute Gasteiger partial charge is 0.461 e. The molecule has 0 bridgehead atoms. The van der Waals surface area contributed by atoms with Crippen LogP contribution in [0.4, 0.5) is 4.79 Å². The van der Waals surface area contributed by atoms with Crippen molar-refractivity contribution in [1.82, 2.24) is 15.1 Å². The molecule has 0 aliphatic heterocycles. The molecular weight excluding hydrogens is 274 g/mol. The summed E-state index contributed by atoms with van der Waals surface area (Å²) in [5, 5.41) is 6.76. The average molecular weight is 297 g/mol. The van der Waals surface area contributed by atoms with E-state index in [0.717, 1.165) is 0 Å². The van der Waals surface area contributed by atoms with E-state index in [2.05, 4.69) is 10.4 Å². The van der Waals surface area contributed by atoms with Gasteiger partial charge in [-0.3, -0.25) is 4.68 Å². The molecule has 1 amide bonds. The normalized spacial score (nSPS) is 12.6. The van der Waals surface area contributed by atoms with Crippen molar-refractivity contribution in [3.8, 4) is 0 Å². The van der Waals surface area contributed by atoms with Gasteiger partial charge in [0.1, 0.15) is 11.3 Å². The third-order valence-electron chi connectivity index (χ3n) is 2.41. The van der Waals surface area contributed by atoms with Crippen molar-refractivity contribution >= 4 is 12.1 Å². The summed E-state index contributed by atoms with van der Waals surface area (Å²) in [6.45, 7) is 9.58. The van der Waals surface area contributed by atoms with Crippen molar-refractivity contribution in [2.75, 3.05) is 6.61 Å². The van der Waals surface area contributed by atoms with Gasteiger partial charge in [0.2, 0.25) is 0 Å². The summed E-state index contributed by atoms with van der Waals surface area (Å²) in [5.74, 6) is -0.431. The quantitative estimate of drug-likeness (QED) is 0.840. The highest BCUT2D eigenvalue weighted by Crippen LogP contribution is 2.07. The van der Waals surface area contributed by atoms with E-state index in [1.165, 1.54) is 10.9 Å². The lowest BCUT2D eigenvalue weighted by Crippen LogP contribution is -2.40. The first-order chi connectivity index (χ1) is 9.73. The Morgan fingerprint density at radius 1 is 1.43 bits per heavy atom. The van der Waals surface area contributed by atoms with Crippen LogP contribution >= 0.6 is 0 Å². The molecule has 1 atom stereocenters. The van der Waals surface area contributed by atoms with Crippen molar-refractivity contribution in [3.05, 3.63) is 18.0 Å². The third kappa shape index (κ3) is 5.85. The van der Waals surface area contributed by atoms with Gasteiger partial charge in [-0.1, -0.05) is 0 Å². The molecular formula is C14H23N3O4. The zero-order chi connectivity index (χ0) is 16.0. The summed E-state index contributed by atoms with van der Waals surface area (Å²) >= 11 is 0. The number of carbonyl (C=O) groups is 2. The first kappa shape index (κ1) is 17.0. The molecule has 21 heavy (non-hydrogen) atoms. The number of nitrogens with zero attached hydrogens (tertiary/aromatic N) is 2. The predicted molar refractivity (Wildman–Crippen MR) is 77.0 cm³/mol. The number of rotatable bonds is 5. The van der Waals surface area contributed by atoms with E-state index in [0.29, 0.717) is 18.8 Å². The summed E-state index contributed by atoms with van der Waals surface area (Å²) in [5.41, 5.74) is -0.194. The number of hydrogen-bond donors (Lipinski definition) is 1. The Morgan fingerprint density at radius 2 is 2.10 bits per heavy atom. The summed E-state index contributed by atoms with van der Waals surface area (Å²) < 4.78 is 11.6. The minimum atomic E-state index is -0.550. The molecule has 1 aromatic heterocycles. The van der Waals surface area contributed by atoms with Gasteiger partial charge < -0.3 is 14.8 Å². The van der Waals surface area contributed by atoms with Crippen LogP contribution in [0.5, 0.6) is 0 Å². The molecule has 0 spiro atoms. The number of ether oxygens (including phenoxy) is 2. The van der Waals surface area contributed by atoms with E-state index < -0.39 is 17.7 Å². The predicted octanol–water partition coefficient (Wildman–Crippen LogP) is 1.97. The van der Waals surface area contributed by atoms with Gasteiger partial charge in [0, 0.05) is 12.2 Å². The molecule has 0 fully saturated rings. The Balaban J connectivity index is 2.59. The molecule has 7 heteroatoms. The number of aromatic nitrogens is 2. The number of alkyl carbamates (subject to hydrolysis) is 1. The van der Waals surface area contributed by atoms with Gasteiger partial charge in [-0.15, -0.1) is 0 Å². The van der Waals surface area contributed by atoms with E-state index in [4.69, 9.17) is 9.47 Å². The van der Waals surface area contributed by atoms with E-state index in [9.17, 15) is 9.59 Å². The zero-order valence-electron chi connectivity index (χ0n) is 13.2. The molecule has 1 N–H and O–H groups in total. The first-order valence-corrected chi connectivity index (χ1v) is 6.91. The van der Waals surface area contributed by atoms with Gasteiger partial charge in [-0.05, 0) is 40.7 Å². The molecule has 0 saturated heterocycles. The maximum absolute atomic E-state index is 11.7. The fourth-order valence-electron chi connectivity index (χ4n) is 1.67. The topological polar surface area (TPSA) is 82.5 Å². The highest BCUT2D eigenvalue weighted by atomic mass is 16.6. The van der Waals surface area contributed by atoms with Crippen LogP contribution in [0.2, 0.25) is 0 Å². The molecule has 0 aliphatic carbocycles. The van der Waals surface area contributed by atoms with Crippen LogP contribution < -0.4 is 5.32 Å². The van der Waals surface area contributed by atoms with Gasteiger partial charge in [0.15, 0.2) is 0 Å². The molecule has 1 unspecified atom stereocenters. The molecule has 1 rings (SSSR count). The first-order valence-electron chi connectivity index (χ1n) is 6.91. The second-order valence-corrected chi connectivity index (χ2v) is 5.67. The lowest BCUT2D eigenvalue weighted by atomic mass is 10.2. The lowest BCUT2D eigenvalue weighted by Gasteiger charge is -2.22. The van der Waals surface area contributed by atoms with Crippen LogP contribution in [-0.2, 0) is 16.0 Å². The van der Waals surface area contributed by atoms with Crippen LogP contribution in [0.15, 0.2) is 12.3 Å². The van der Waals surface area contributed by atoms with Crippen molar-refractivity contribution in [2.24, 2.45) is 0 Å². The van der Waals surface area contributed by atoms with Crippen LogP contribution in [0.1, 0.15) is 45.1 Å². The SMILES string of the molecule is CCOC(=O)c1ccnn1CC(C)NC(=O)OC(C)(C)C. The number of amides is 1. The fourth-order valence-corrected chi connectivity index (χ4v) is 1.67. The average Bonchev–Trinajstić information content (AvgIpc) is 2.74. The summed E-state index contributed by atoms with van der Waals surface area (Å²) in [6.07, 6.45) is 1.02. The molecule has 118 valence electrons. The minimum absolute atomic E-state index is 0.243. The van der Waals surface area contributed by atoms with Crippen LogP contribution in [-0.4, -0.2) is 40.1 Å². The second-order valence-electron chi connectivity index (χ2n) is 5.67. The Kier molecular flexibility index (Phi) is 5.75. The van der Waals surface area contributed by atoms with Crippen LogP contribution in [0, 0.1) is 0 Å². The molecule has 1 heterocycles. The van der Waals surface area contributed by atoms with E-state index in [-0.39, 0.29) is 6.04 Å². The van der Waals surface area contributed by atoms with Crippen molar-refractivity contribution < 1.29 is 19.1 Å². The Labute approximate surface area is 124 Å². The number of esters is 1. The molecule has 0 aliphatic rings. The molecule has 0 aromatic carbocycles. The number of carbonyl (C=O) groups excluding carboxylic acids is 2. The standard InChI is InChI=1S/C14H23N3O4/c1-6-20-12(18)11-7-8-15-17(11)9-10(2)16-13(19)21-14(3,4)5/h7-8,10H,6,9H2,1-5H3,(H,16,19). The maximum Gasteiger partial charge on any atom is 0.407 e. The van der Waals surface area contributed by atoms with Gasteiger partial charge in [-0.2, -0.15) is 5.10 Å². The molecule has 0 radical (unpaired) electrons. The van der Waals surface area contributed by atoms with Crippen molar-refractivity contribution in [2.45, 2.75) is 52.8 Å². The number of nitrogens with one attached hydrogen (secondary N) is 1. The number of hydrogen-bond acceptors (Lipinski definition) is 5. The molecule has 7 nitrogen and oxygen atoms in total. The fraction of sp³-hybridized carbons (Fsp3) is 0.643. The summed E-state index contributed by atoms with van der Waals surface area (Å²) in [7, 11) is 0. The van der Waals surface area contributed by atoms with Crippen LogP contribution in [0.3, 0.4) is 0 Å². The monoisotopic (exact) mass is 297 g/mol. The Morgan fingerprint density at radius 3 is 2.67 bits per heavy atom. The van der Waals surface area contributed by atoms with E-state index >= 15 is 0 Å². The molecule has 1 aromatic rings.